The molecule has 0 saturated carbocycles. The van der Waals surface area contributed by atoms with Crippen LogP contribution in [0.1, 0.15) is 155 Å². The zero-order chi connectivity index (χ0) is 52.0. The summed E-state index contributed by atoms with van der Waals surface area (Å²) in [5, 5.41) is 120. The molecule has 3 aliphatic heterocycles. The lowest BCUT2D eigenvalue weighted by molar-refractivity contribution is -0.379. The van der Waals surface area contributed by atoms with E-state index in [1.807, 2.05) is 6.08 Å². The molecule has 0 aliphatic carbocycles. The Labute approximate surface area is 421 Å². The van der Waals surface area contributed by atoms with Gasteiger partial charge in [-0.05, 0) is 51.4 Å². The van der Waals surface area contributed by atoms with Crippen LogP contribution in [-0.4, -0.2) is 193 Å². The summed E-state index contributed by atoms with van der Waals surface area (Å²) < 4.78 is 34.1. The normalized spacial score (nSPS) is 32.5. The maximum atomic E-state index is 13.2. The zero-order valence-electron chi connectivity index (χ0n) is 42.4. The summed E-state index contributed by atoms with van der Waals surface area (Å²) in [6.45, 7) is 1.63. The quantitative estimate of drug-likeness (QED) is 0.0314. The Morgan fingerprint density at radius 1 is 0.507 bits per heavy atom. The molecule has 17 atom stereocenters. The Bertz CT molecular complexity index is 1450. The Kier molecular flexibility index (Phi) is 32.9. The number of aliphatic hydroxyl groups is 11. The third-order valence-electron chi connectivity index (χ3n) is 13.4. The van der Waals surface area contributed by atoms with Crippen molar-refractivity contribution in [2.45, 2.75) is 259 Å². The fourth-order valence-electron chi connectivity index (χ4n) is 8.92. The third-order valence-corrected chi connectivity index (χ3v) is 13.4. The average Bonchev–Trinajstić information content (AvgIpc) is 3.36. The van der Waals surface area contributed by atoms with E-state index < -0.39 is 124 Å². The van der Waals surface area contributed by atoms with Gasteiger partial charge >= 0.3 is 0 Å². The van der Waals surface area contributed by atoms with Gasteiger partial charge in [0.25, 0.3) is 0 Å². The fraction of sp³-hybridized carbons (Fsp3) is 0.865. The first kappa shape index (κ1) is 63.3. The second-order valence-corrected chi connectivity index (χ2v) is 19.3. The van der Waals surface area contributed by atoms with Crippen LogP contribution in [0.2, 0.25) is 0 Å². The minimum Gasteiger partial charge on any atom is -0.394 e. The molecule has 0 radical (unpaired) electrons. The molecule has 17 unspecified atom stereocenters. The van der Waals surface area contributed by atoms with Gasteiger partial charge in [-0.15, -0.1) is 0 Å². The lowest BCUT2D eigenvalue weighted by Gasteiger charge is -2.48. The molecule has 0 bridgehead atoms. The van der Waals surface area contributed by atoms with Crippen LogP contribution in [0.5, 0.6) is 0 Å². The van der Waals surface area contributed by atoms with E-state index in [4.69, 9.17) is 28.4 Å². The molecule has 3 aliphatic rings. The number of carbonyl (C=O) groups is 1. The number of aliphatic hydroxyl groups excluding tert-OH is 11. The molecular formula is C52H93NO18. The highest BCUT2D eigenvalue weighted by Crippen LogP contribution is 2.33. The number of ether oxygens (including phenoxy) is 6. The predicted molar refractivity (Wildman–Crippen MR) is 263 cm³/mol. The number of nitrogens with one attached hydrogen (secondary N) is 1. The van der Waals surface area contributed by atoms with Crippen LogP contribution in [0, 0.1) is 0 Å². The molecule has 414 valence electrons. The summed E-state index contributed by atoms with van der Waals surface area (Å²) >= 11 is 0. The van der Waals surface area contributed by atoms with Gasteiger partial charge in [-0.3, -0.25) is 4.79 Å². The molecule has 3 saturated heterocycles. The SMILES string of the molecule is CCCCC/C=C\C/C=C\CCCCCCCC(=O)NC(COC1OC(CO)C(OC2OC(CO)C(OC3OC(CO)C(O)C(O)C3O)C(O)C2O)C(O)C1O)C(O)/C=C/CCCCCCCCCCC. The van der Waals surface area contributed by atoms with E-state index in [1.165, 1.54) is 57.8 Å². The van der Waals surface area contributed by atoms with Crippen LogP contribution >= 0.6 is 0 Å². The third kappa shape index (κ3) is 22.4. The van der Waals surface area contributed by atoms with Gasteiger partial charge in [0.15, 0.2) is 18.9 Å². The van der Waals surface area contributed by atoms with Crippen molar-refractivity contribution in [2.24, 2.45) is 0 Å². The predicted octanol–water partition coefficient (Wildman–Crippen LogP) is 2.59. The van der Waals surface area contributed by atoms with Gasteiger partial charge in [0.05, 0.1) is 38.6 Å². The monoisotopic (exact) mass is 1020 g/mol. The Morgan fingerprint density at radius 2 is 0.930 bits per heavy atom. The first-order chi connectivity index (χ1) is 34.3. The van der Waals surface area contributed by atoms with Crippen molar-refractivity contribution in [1.29, 1.82) is 0 Å². The highest BCUT2D eigenvalue weighted by atomic mass is 16.8. The molecule has 71 heavy (non-hydrogen) atoms. The summed E-state index contributed by atoms with van der Waals surface area (Å²) in [7, 11) is 0. The summed E-state index contributed by atoms with van der Waals surface area (Å²) in [5.74, 6) is -0.294. The van der Waals surface area contributed by atoms with Crippen molar-refractivity contribution in [2.75, 3.05) is 26.4 Å². The number of rotatable bonds is 37. The number of allylic oxidation sites excluding steroid dienone is 5. The van der Waals surface area contributed by atoms with Gasteiger partial charge in [-0.25, -0.2) is 0 Å². The maximum Gasteiger partial charge on any atom is 0.220 e. The molecule has 19 nitrogen and oxygen atoms in total. The van der Waals surface area contributed by atoms with E-state index in [2.05, 4.69) is 43.5 Å². The van der Waals surface area contributed by atoms with Gasteiger partial charge in [-0.2, -0.15) is 0 Å². The lowest BCUT2D eigenvalue weighted by atomic mass is 9.96. The van der Waals surface area contributed by atoms with Crippen molar-refractivity contribution in [3.8, 4) is 0 Å². The van der Waals surface area contributed by atoms with Crippen LogP contribution in [0.25, 0.3) is 0 Å². The lowest BCUT2D eigenvalue weighted by Crippen LogP contribution is -2.66. The average molecular weight is 1020 g/mol. The van der Waals surface area contributed by atoms with Crippen molar-refractivity contribution >= 4 is 5.91 Å². The largest absolute Gasteiger partial charge is 0.394 e. The molecule has 3 fully saturated rings. The van der Waals surface area contributed by atoms with Crippen LogP contribution in [0.4, 0.5) is 0 Å². The van der Waals surface area contributed by atoms with E-state index in [0.29, 0.717) is 6.42 Å². The van der Waals surface area contributed by atoms with Crippen molar-refractivity contribution in [3.05, 3.63) is 36.5 Å². The van der Waals surface area contributed by atoms with Gasteiger partial charge in [0.2, 0.25) is 5.91 Å². The summed E-state index contributed by atoms with van der Waals surface area (Å²) in [5.41, 5.74) is 0. The summed E-state index contributed by atoms with van der Waals surface area (Å²) in [4.78, 5) is 13.2. The second kappa shape index (κ2) is 36.9. The number of hydrogen-bond acceptors (Lipinski definition) is 18. The van der Waals surface area contributed by atoms with Gasteiger partial charge in [0.1, 0.15) is 73.2 Å². The Hall–Kier alpha value is -1.99. The minimum atomic E-state index is -1.98. The summed E-state index contributed by atoms with van der Waals surface area (Å²) in [6.07, 6.45) is 8.57. The molecule has 19 heteroatoms. The smallest absolute Gasteiger partial charge is 0.220 e. The number of amides is 1. The number of hydrogen-bond donors (Lipinski definition) is 12. The van der Waals surface area contributed by atoms with Gasteiger partial charge in [-0.1, -0.05) is 134 Å². The van der Waals surface area contributed by atoms with Crippen LogP contribution in [0.3, 0.4) is 0 Å². The first-order valence-electron chi connectivity index (χ1n) is 26.7. The molecule has 12 N–H and O–H groups in total. The molecule has 0 aromatic rings. The summed E-state index contributed by atoms with van der Waals surface area (Å²) in [6, 6.07) is -0.977. The molecule has 3 heterocycles. The molecule has 0 aromatic carbocycles. The Morgan fingerprint density at radius 3 is 1.46 bits per heavy atom. The number of unbranched alkanes of at least 4 members (excludes halogenated alkanes) is 17. The second-order valence-electron chi connectivity index (χ2n) is 19.3. The van der Waals surface area contributed by atoms with Crippen LogP contribution < -0.4 is 5.32 Å². The van der Waals surface area contributed by atoms with E-state index in [9.17, 15) is 61.0 Å². The maximum absolute atomic E-state index is 13.2. The molecule has 0 spiro atoms. The van der Waals surface area contributed by atoms with E-state index >= 15 is 0 Å². The fourth-order valence-corrected chi connectivity index (χ4v) is 8.92. The van der Waals surface area contributed by atoms with Crippen molar-refractivity contribution < 1.29 is 89.4 Å². The van der Waals surface area contributed by atoms with Crippen molar-refractivity contribution in [1.82, 2.24) is 5.32 Å². The standard InChI is InChI=1S/C52H93NO18/c1-3-5-7-9-11-13-15-16-17-18-20-22-24-26-28-30-40(58)53-35(36(57)29-27-25-23-21-19-14-12-10-8-6-4-2)34-66-50-46(64)43(61)48(38(32-55)68-50)71-52-47(65)44(62)49(39(33-56)69-52)70-51-45(63)42(60)41(59)37(31-54)67-51/h11,13,16-17,27,29,35-39,41-52,54-57,59-65H,3-10,12,14-15,18-26,28,30-34H2,1-2H3,(H,53,58)/b13-11-,17-16-,29-27+. The zero-order valence-corrected chi connectivity index (χ0v) is 42.4. The topological polar surface area (TPSA) is 307 Å². The van der Waals surface area contributed by atoms with E-state index in [1.54, 1.807) is 6.08 Å². The Balaban J connectivity index is 1.56. The van der Waals surface area contributed by atoms with Gasteiger partial charge in [0, 0.05) is 6.42 Å². The molecular weight excluding hydrogens is 927 g/mol. The molecule has 3 rings (SSSR count). The molecule has 0 aromatic heterocycles. The van der Waals surface area contributed by atoms with E-state index in [-0.39, 0.29) is 18.9 Å². The number of carbonyl (C=O) groups excluding carboxylic acids is 1. The van der Waals surface area contributed by atoms with Crippen molar-refractivity contribution in [3.63, 3.8) is 0 Å². The highest BCUT2D eigenvalue weighted by molar-refractivity contribution is 5.76. The molecule has 1 amide bonds. The first-order valence-corrected chi connectivity index (χ1v) is 26.7. The van der Waals surface area contributed by atoms with Gasteiger partial charge < -0.3 is 89.9 Å². The van der Waals surface area contributed by atoms with Crippen LogP contribution in [-0.2, 0) is 33.2 Å². The minimum absolute atomic E-state index is 0.226. The van der Waals surface area contributed by atoms with E-state index in [0.717, 1.165) is 70.6 Å². The van der Waals surface area contributed by atoms with Crippen LogP contribution in [0.15, 0.2) is 36.5 Å². The highest BCUT2D eigenvalue weighted by Gasteiger charge is 2.53.